The van der Waals surface area contributed by atoms with E-state index in [4.69, 9.17) is 15.7 Å². The molecule has 0 saturated heterocycles. The SMILES string of the molecule is CCCCc1ccc(Oc2ncc(C#N)cc2N)cc1. The number of rotatable bonds is 5. The number of unbranched alkanes of at least 4 members (excludes halogenated alkanes) is 1. The molecule has 0 radical (unpaired) electrons. The minimum absolute atomic E-state index is 0.324. The van der Waals surface area contributed by atoms with Crippen LogP contribution in [0.15, 0.2) is 36.5 Å². The third kappa shape index (κ3) is 3.48. The van der Waals surface area contributed by atoms with Crippen molar-refractivity contribution in [1.82, 2.24) is 4.98 Å². The summed E-state index contributed by atoms with van der Waals surface area (Å²) >= 11 is 0. The molecule has 0 amide bonds. The van der Waals surface area contributed by atoms with Gasteiger partial charge in [0.25, 0.3) is 0 Å². The van der Waals surface area contributed by atoms with Gasteiger partial charge in [-0.05, 0) is 36.6 Å². The normalized spacial score (nSPS) is 10.0. The lowest BCUT2D eigenvalue weighted by molar-refractivity contribution is 0.465. The van der Waals surface area contributed by atoms with Gasteiger partial charge >= 0.3 is 0 Å². The number of benzene rings is 1. The molecule has 0 saturated carbocycles. The zero-order chi connectivity index (χ0) is 14.4. The van der Waals surface area contributed by atoms with Crippen LogP contribution in [0.1, 0.15) is 30.9 Å². The second-order valence-electron chi connectivity index (χ2n) is 4.58. The second kappa shape index (κ2) is 6.58. The van der Waals surface area contributed by atoms with Crippen molar-refractivity contribution in [2.45, 2.75) is 26.2 Å². The van der Waals surface area contributed by atoms with Crippen LogP contribution in [0.4, 0.5) is 5.69 Å². The Kier molecular flexibility index (Phi) is 4.56. The van der Waals surface area contributed by atoms with Crippen molar-refractivity contribution in [2.75, 3.05) is 5.73 Å². The Bertz CT molecular complexity index is 615. The highest BCUT2D eigenvalue weighted by molar-refractivity contribution is 5.53. The molecular weight excluding hydrogens is 250 g/mol. The van der Waals surface area contributed by atoms with E-state index in [9.17, 15) is 0 Å². The first-order valence-electron chi connectivity index (χ1n) is 6.65. The van der Waals surface area contributed by atoms with Crippen LogP contribution in [0.3, 0.4) is 0 Å². The largest absolute Gasteiger partial charge is 0.437 e. The maximum Gasteiger partial charge on any atom is 0.242 e. The van der Waals surface area contributed by atoms with E-state index in [1.165, 1.54) is 24.6 Å². The standard InChI is InChI=1S/C16H17N3O/c1-2-3-4-12-5-7-14(8-6-12)20-16-15(18)9-13(10-17)11-19-16/h5-9,11H,2-4,18H2,1H3. The molecule has 1 heterocycles. The fourth-order valence-electron chi connectivity index (χ4n) is 1.83. The van der Waals surface area contributed by atoms with Gasteiger partial charge in [0.15, 0.2) is 0 Å². The van der Waals surface area contributed by atoms with Crippen molar-refractivity contribution in [3.05, 3.63) is 47.7 Å². The van der Waals surface area contributed by atoms with Gasteiger partial charge in [-0.25, -0.2) is 4.98 Å². The minimum atomic E-state index is 0.324. The van der Waals surface area contributed by atoms with Crippen LogP contribution in [0.25, 0.3) is 0 Å². The van der Waals surface area contributed by atoms with Crippen LogP contribution in [0.5, 0.6) is 11.6 Å². The second-order valence-corrected chi connectivity index (χ2v) is 4.58. The monoisotopic (exact) mass is 267 g/mol. The molecule has 20 heavy (non-hydrogen) atoms. The topological polar surface area (TPSA) is 71.9 Å². The van der Waals surface area contributed by atoms with Crippen molar-refractivity contribution < 1.29 is 4.74 Å². The summed E-state index contributed by atoms with van der Waals surface area (Å²) in [6.07, 6.45) is 4.89. The van der Waals surface area contributed by atoms with E-state index >= 15 is 0 Å². The van der Waals surface area contributed by atoms with Crippen LogP contribution in [0.2, 0.25) is 0 Å². The molecule has 102 valence electrons. The Labute approximate surface area is 118 Å². The number of nitrogen functional groups attached to an aromatic ring is 1. The molecule has 0 aliphatic rings. The molecule has 4 heteroatoms. The first kappa shape index (κ1) is 13.9. The van der Waals surface area contributed by atoms with E-state index in [1.807, 2.05) is 30.3 Å². The summed E-state index contributed by atoms with van der Waals surface area (Å²) in [5.41, 5.74) is 7.87. The predicted molar refractivity (Wildman–Crippen MR) is 78.5 cm³/mol. The first-order valence-corrected chi connectivity index (χ1v) is 6.65. The third-order valence-corrected chi connectivity index (χ3v) is 2.96. The summed E-state index contributed by atoms with van der Waals surface area (Å²) in [6.45, 7) is 2.18. The van der Waals surface area contributed by atoms with Crippen LogP contribution in [-0.4, -0.2) is 4.98 Å². The maximum absolute atomic E-state index is 8.76. The maximum atomic E-state index is 8.76. The number of aryl methyl sites for hydroxylation is 1. The zero-order valence-electron chi connectivity index (χ0n) is 11.5. The van der Waals surface area contributed by atoms with Crippen molar-refractivity contribution in [2.24, 2.45) is 0 Å². The van der Waals surface area contributed by atoms with Crippen molar-refractivity contribution in [3.63, 3.8) is 0 Å². The van der Waals surface area contributed by atoms with E-state index in [0.717, 1.165) is 6.42 Å². The highest BCUT2D eigenvalue weighted by Crippen LogP contribution is 2.25. The highest BCUT2D eigenvalue weighted by atomic mass is 16.5. The molecule has 0 aliphatic heterocycles. The van der Waals surface area contributed by atoms with Gasteiger partial charge in [-0.15, -0.1) is 0 Å². The molecule has 0 bridgehead atoms. The lowest BCUT2D eigenvalue weighted by Gasteiger charge is -2.08. The molecule has 2 rings (SSSR count). The van der Waals surface area contributed by atoms with Crippen LogP contribution in [0, 0.1) is 11.3 Å². The van der Waals surface area contributed by atoms with Crippen LogP contribution < -0.4 is 10.5 Å². The van der Waals surface area contributed by atoms with E-state index < -0.39 is 0 Å². The summed E-state index contributed by atoms with van der Waals surface area (Å²) < 4.78 is 5.62. The first-order chi connectivity index (χ1) is 9.72. The Hall–Kier alpha value is -2.54. The average molecular weight is 267 g/mol. The molecule has 2 N–H and O–H groups in total. The molecule has 4 nitrogen and oxygen atoms in total. The fourth-order valence-corrected chi connectivity index (χ4v) is 1.83. The number of aromatic nitrogens is 1. The number of hydrogen-bond acceptors (Lipinski definition) is 4. The fraction of sp³-hybridized carbons (Fsp3) is 0.250. The molecule has 0 spiro atoms. The number of nitriles is 1. The number of pyridine rings is 1. The molecule has 0 aliphatic carbocycles. The van der Waals surface area contributed by atoms with Gasteiger partial charge < -0.3 is 10.5 Å². The number of anilines is 1. The highest BCUT2D eigenvalue weighted by Gasteiger charge is 2.05. The van der Waals surface area contributed by atoms with Crippen molar-refractivity contribution in [1.29, 1.82) is 5.26 Å². The van der Waals surface area contributed by atoms with Gasteiger partial charge in [-0.1, -0.05) is 25.5 Å². The molecular formula is C16H17N3O. The number of ether oxygens (including phenoxy) is 1. The van der Waals surface area contributed by atoms with Gasteiger partial charge in [0.2, 0.25) is 5.88 Å². The van der Waals surface area contributed by atoms with E-state index in [1.54, 1.807) is 6.07 Å². The van der Waals surface area contributed by atoms with Gasteiger partial charge in [-0.2, -0.15) is 5.26 Å². The molecule has 2 aromatic rings. The van der Waals surface area contributed by atoms with Crippen molar-refractivity contribution in [3.8, 4) is 17.7 Å². The molecule has 1 aromatic heterocycles. The quantitative estimate of drug-likeness (QED) is 0.897. The van der Waals surface area contributed by atoms with Crippen LogP contribution in [-0.2, 0) is 6.42 Å². The molecule has 0 fully saturated rings. The summed E-state index contributed by atoms with van der Waals surface area (Å²) in [5, 5.41) is 8.76. The number of nitrogens with two attached hydrogens (primary N) is 1. The lowest BCUT2D eigenvalue weighted by atomic mass is 10.1. The van der Waals surface area contributed by atoms with Gasteiger partial charge in [0.05, 0.1) is 11.3 Å². The Morgan fingerprint density at radius 3 is 2.65 bits per heavy atom. The zero-order valence-corrected chi connectivity index (χ0v) is 11.5. The van der Waals surface area contributed by atoms with Gasteiger partial charge in [-0.3, -0.25) is 0 Å². The summed E-state index contributed by atoms with van der Waals surface area (Å²) in [4.78, 5) is 4.05. The van der Waals surface area contributed by atoms with Crippen molar-refractivity contribution >= 4 is 5.69 Å². The Balaban J connectivity index is 2.08. The van der Waals surface area contributed by atoms with E-state index in [0.29, 0.717) is 22.9 Å². The molecule has 0 unspecified atom stereocenters. The van der Waals surface area contributed by atoms with E-state index in [2.05, 4.69) is 11.9 Å². The summed E-state index contributed by atoms with van der Waals surface area (Å²) in [5.74, 6) is 1.01. The van der Waals surface area contributed by atoms with Gasteiger partial charge in [0.1, 0.15) is 11.8 Å². The number of nitrogens with zero attached hydrogens (tertiary/aromatic N) is 2. The lowest BCUT2D eigenvalue weighted by Crippen LogP contribution is -1.96. The number of hydrogen-bond donors (Lipinski definition) is 1. The third-order valence-electron chi connectivity index (χ3n) is 2.96. The summed E-state index contributed by atoms with van der Waals surface area (Å²) in [7, 11) is 0. The smallest absolute Gasteiger partial charge is 0.242 e. The Morgan fingerprint density at radius 1 is 1.30 bits per heavy atom. The summed E-state index contributed by atoms with van der Waals surface area (Å²) in [6, 6.07) is 11.4. The predicted octanol–water partition coefficient (Wildman–Crippen LogP) is 3.67. The van der Waals surface area contributed by atoms with Crippen LogP contribution >= 0.6 is 0 Å². The Morgan fingerprint density at radius 2 is 2.05 bits per heavy atom. The molecule has 1 aromatic carbocycles. The van der Waals surface area contributed by atoms with Gasteiger partial charge in [0, 0.05) is 6.20 Å². The average Bonchev–Trinajstić information content (AvgIpc) is 2.48. The molecule has 0 atom stereocenters. The van der Waals surface area contributed by atoms with E-state index in [-0.39, 0.29) is 0 Å². The minimum Gasteiger partial charge on any atom is -0.437 e.